The normalized spacial score (nSPS) is 15.3. The minimum atomic E-state index is -0.509. The van der Waals surface area contributed by atoms with Crippen molar-refractivity contribution in [2.45, 2.75) is 44.9 Å². The number of pyridine rings is 1. The maximum Gasteiger partial charge on any atom is 0.256 e. The second-order valence-electron chi connectivity index (χ2n) is 7.08. The van der Waals surface area contributed by atoms with Gasteiger partial charge < -0.3 is 9.64 Å². The lowest BCUT2D eigenvalue weighted by molar-refractivity contribution is -0.130. The van der Waals surface area contributed by atoms with E-state index in [1.807, 2.05) is 72.5 Å². The number of amides is 1. The van der Waals surface area contributed by atoms with Gasteiger partial charge >= 0.3 is 0 Å². The monoisotopic (exact) mass is 360 g/mol. The fourth-order valence-corrected chi connectivity index (χ4v) is 3.49. The molecule has 1 aliphatic carbocycles. The number of ether oxygens (including phenoxy) is 1. The molecule has 1 atom stereocenters. The first-order valence-corrected chi connectivity index (χ1v) is 9.56. The first kappa shape index (κ1) is 17.7. The zero-order valence-corrected chi connectivity index (χ0v) is 15.5. The Balaban J connectivity index is 1.59. The van der Waals surface area contributed by atoms with Gasteiger partial charge in [-0.1, -0.05) is 48.5 Å². The smallest absolute Gasteiger partial charge is 0.256 e. The van der Waals surface area contributed by atoms with Gasteiger partial charge in [0.05, 0.1) is 17.8 Å². The van der Waals surface area contributed by atoms with E-state index in [0.717, 1.165) is 41.4 Å². The van der Waals surface area contributed by atoms with Crippen molar-refractivity contribution in [1.29, 1.82) is 0 Å². The number of benzene rings is 2. The number of hydrogen-bond acceptors (Lipinski definition) is 3. The Morgan fingerprint density at radius 2 is 1.89 bits per heavy atom. The van der Waals surface area contributed by atoms with Gasteiger partial charge in [0, 0.05) is 17.6 Å². The lowest BCUT2D eigenvalue weighted by atomic mass is 9.90. The molecule has 1 unspecified atom stereocenters. The molecule has 1 aliphatic rings. The molecule has 0 N–H and O–H groups in total. The summed E-state index contributed by atoms with van der Waals surface area (Å²) < 4.78 is 5.91. The van der Waals surface area contributed by atoms with E-state index in [1.54, 1.807) is 6.20 Å². The molecule has 0 radical (unpaired) electrons. The second kappa shape index (κ2) is 7.89. The summed E-state index contributed by atoms with van der Waals surface area (Å²) in [5.74, 6) is 0.00813. The third-order valence-corrected chi connectivity index (χ3v) is 5.24. The molecule has 138 valence electrons. The molecule has 1 amide bonds. The number of hydrogen-bond donors (Lipinski definition) is 0. The quantitative estimate of drug-likeness (QED) is 0.638. The predicted octanol–water partition coefficient (Wildman–Crippen LogP) is 4.73. The van der Waals surface area contributed by atoms with Gasteiger partial charge in [-0.2, -0.15) is 0 Å². The van der Waals surface area contributed by atoms with E-state index in [4.69, 9.17) is 4.74 Å². The van der Waals surface area contributed by atoms with E-state index >= 15 is 0 Å². The van der Waals surface area contributed by atoms with Crippen molar-refractivity contribution in [3.8, 4) is 0 Å². The van der Waals surface area contributed by atoms with Crippen LogP contribution in [0.15, 0.2) is 66.9 Å². The molecule has 1 aromatic heterocycles. The minimum Gasteiger partial charge on any atom is -0.364 e. The summed E-state index contributed by atoms with van der Waals surface area (Å²) in [6.07, 6.45) is 4.49. The standard InChI is InChI=1S/C23H24N2O2/c1-17(27-16-18-8-3-2-4-9-18)23(26)25(20-12-6-13-20)21-14-5-10-19-11-7-15-24-22(19)21/h2-5,7-11,14-15,17,20H,6,12-13,16H2,1H3. The van der Waals surface area contributed by atoms with Crippen molar-refractivity contribution >= 4 is 22.5 Å². The minimum absolute atomic E-state index is 0.00813. The zero-order valence-electron chi connectivity index (χ0n) is 15.5. The maximum atomic E-state index is 13.3. The van der Waals surface area contributed by atoms with E-state index < -0.39 is 6.10 Å². The van der Waals surface area contributed by atoms with Crippen LogP contribution in [-0.4, -0.2) is 23.0 Å². The van der Waals surface area contributed by atoms with Gasteiger partial charge in [-0.3, -0.25) is 9.78 Å². The molecule has 0 bridgehead atoms. The molecule has 0 spiro atoms. The van der Waals surface area contributed by atoms with Crippen LogP contribution in [0.5, 0.6) is 0 Å². The van der Waals surface area contributed by atoms with Gasteiger partial charge in [0.2, 0.25) is 0 Å². The van der Waals surface area contributed by atoms with Gasteiger partial charge in [0.25, 0.3) is 5.91 Å². The summed E-state index contributed by atoms with van der Waals surface area (Å²) in [6, 6.07) is 20.2. The van der Waals surface area contributed by atoms with Crippen LogP contribution in [0.1, 0.15) is 31.7 Å². The molecule has 27 heavy (non-hydrogen) atoms. The second-order valence-corrected chi connectivity index (χ2v) is 7.08. The first-order chi connectivity index (χ1) is 13.2. The highest BCUT2D eigenvalue weighted by Crippen LogP contribution is 2.34. The highest BCUT2D eigenvalue weighted by Gasteiger charge is 2.34. The van der Waals surface area contributed by atoms with E-state index in [1.165, 1.54) is 0 Å². The summed E-state index contributed by atoms with van der Waals surface area (Å²) in [4.78, 5) is 19.8. The van der Waals surface area contributed by atoms with Crippen molar-refractivity contribution in [2.24, 2.45) is 0 Å². The van der Waals surface area contributed by atoms with Crippen molar-refractivity contribution in [1.82, 2.24) is 4.98 Å². The molecule has 3 aromatic rings. The number of anilines is 1. The van der Waals surface area contributed by atoms with Crippen molar-refractivity contribution in [2.75, 3.05) is 4.90 Å². The number of carbonyl (C=O) groups excluding carboxylic acids is 1. The Hall–Kier alpha value is -2.72. The first-order valence-electron chi connectivity index (χ1n) is 9.56. The average Bonchev–Trinajstić information content (AvgIpc) is 2.68. The van der Waals surface area contributed by atoms with E-state index in [0.29, 0.717) is 6.61 Å². The topological polar surface area (TPSA) is 42.4 Å². The molecular formula is C23H24N2O2. The van der Waals surface area contributed by atoms with Gasteiger partial charge in [-0.05, 0) is 43.9 Å². The molecule has 4 heteroatoms. The van der Waals surface area contributed by atoms with Gasteiger partial charge in [0.15, 0.2) is 0 Å². The Bertz CT molecular complexity index is 917. The van der Waals surface area contributed by atoms with Crippen molar-refractivity contribution in [3.63, 3.8) is 0 Å². The van der Waals surface area contributed by atoms with Crippen LogP contribution in [0.4, 0.5) is 5.69 Å². The fourth-order valence-electron chi connectivity index (χ4n) is 3.49. The molecule has 4 nitrogen and oxygen atoms in total. The largest absolute Gasteiger partial charge is 0.364 e. The number of rotatable bonds is 6. The number of para-hydroxylation sites is 1. The van der Waals surface area contributed by atoms with Gasteiger partial charge in [0.1, 0.15) is 6.10 Å². The summed E-state index contributed by atoms with van der Waals surface area (Å²) in [5, 5.41) is 1.05. The fraction of sp³-hybridized carbons (Fsp3) is 0.304. The Morgan fingerprint density at radius 3 is 2.63 bits per heavy atom. The zero-order chi connectivity index (χ0) is 18.6. The Kier molecular flexibility index (Phi) is 5.16. The van der Waals surface area contributed by atoms with E-state index in [-0.39, 0.29) is 11.9 Å². The van der Waals surface area contributed by atoms with Crippen LogP contribution >= 0.6 is 0 Å². The molecule has 1 saturated carbocycles. The SMILES string of the molecule is CC(OCc1ccccc1)C(=O)N(c1cccc2cccnc12)C1CCC1. The number of fused-ring (bicyclic) bond motifs is 1. The van der Waals surface area contributed by atoms with Crippen LogP contribution in [-0.2, 0) is 16.1 Å². The molecule has 1 heterocycles. The van der Waals surface area contributed by atoms with Crippen molar-refractivity contribution < 1.29 is 9.53 Å². The average molecular weight is 360 g/mol. The summed E-state index contributed by atoms with van der Waals surface area (Å²) in [6.45, 7) is 2.27. The highest BCUT2D eigenvalue weighted by atomic mass is 16.5. The molecular weight excluding hydrogens is 336 g/mol. The Labute approximate surface area is 159 Å². The molecule has 0 aliphatic heterocycles. The molecule has 2 aromatic carbocycles. The predicted molar refractivity (Wildman–Crippen MR) is 108 cm³/mol. The van der Waals surface area contributed by atoms with Gasteiger partial charge in [-0.25, -0.2) is 0 Å². The van der Waals surface area contributed by atoms with Crippen LogP contribution in [0.2, 0.25) is 0 Å². The van der Waals surface area contributed by atoms with E-state index in [2.05, 4.69) is 4.98 Å². The van der Waals surface area contributed by atoms with Crippen LogP contribution in [0.3, 0.4) is 0 Å². The molecule has 0 saturated heterocycles. The molecule has 4 rings (SSSR count). The van der Waals surface area contributed by atoms with E-state index in [9.17, 15) is 4.79 Å². The number of nitrogens with zero attached hydrogens (tertiary/aromatic N) is 2. The third-order valence-electron chi connectivity index (χ3n) is 5.24. The summed E-state index contributed by atoms with van der Waals surface area (Å²) in [7, 11) is 0. The van der Waals surface area contributed by atoms with Crippen molar-refractivity contribution in [3.05, 3.63) is 72.4 Å². The maximum absolute atomic E-state index is 13.3. The van der Waals surface area contributed by atoms with Crippen LogP contribution < -0.4 is 4.90 Å². The van der Waals surface area contributed by atoms with Crippen LogP contribution in [0, 0.1) is 0 Å². The highest BCUT2D eigenvalue weighted by molar-refractivity contribution is 6.04. The van der Waals surface area contributed by atoms with Crippen LogP contribution in [0.25, 0.3) is 10.9 Å². The number of carbonyl (C=O) groups is 1. The third kappa shape index (κ3) is 3.71. The lowest BCUT2D eigenvalue weighted by Crippen LogP contribution is -2.49. The molecule has 1 fully saturated rings. The summed E-state index contributed by atoms with van der Waals surface area (Å²) in [5.41, 5.74) is 2.83. The Morgan fingerprint density at radius 1 is 1.11 bits per heavy atom. The van der Waals surface area contributed by atoms with Gasteiger partial charge in [-0.15, -0.1) is 0 Å². The lowest BCUT2D eigenvalue weighted by Gasteiger charge is -2.39. The summed E-state index contributed by atoms with van der Waals surface area (Å²) >= 11 is 0. The number of aromatic nitrogens is 1.